The van der Waals surface area contributed by atoms with Crippen LogP contribution in [0.5, 0.6) is 0 Å². The zero-order chi connectivity index (χ0) is 12.5. The van der Waals surface area contributed by atoms with Crippen LogP contribution in [0.3, 0.4) is 0 Å². The van der Waals surface area contributed by atoms with Crippen LogP contribution in [0.25, 0.3) is 0 Å². The van der Waals surface area contributed by atoms with Crippen LogP contribution in [0.1, 0.15) is 45.9 Å². The van der Waals surface area contributed by atoms with Crippen molar-refractivity contribution in [1.82, 2.24) is 15.5 Å². The lowest BCUT2D eigenvalue weighted by molar-refractivity contribution is 0.406. The molecule has 0 atom stereocenters. The van der Waals surface area contributed by atoms with Gasteiger partial charge in [0.15, 0.2) is 0 Å². The van der Waals surface area contributed by atoms with Gasteiger partial charge in [-0.1, -0.05) is 12.0 Å². The molecule has 0 radical (unpaired) electrons. The minimum atomic E-state index is 0.0354. The van der Waals surface area contributed by atoms with Crippen LogP contribution in [0.15, 0.2) is 4.42 Å². The predicted octanol–water partition coefficient (Wildman–Crippen LogP) is 1.95. The quantitative estimate of drug-likeness (QED) is 0.821. The molecular formula is C12H22N4O. The fourth-order valence-electron chi connectivity index (χ4n) is 1.47. The summed E-state index contributed by atoms with van der Waals surface area (Å²) in [5, 5.41) is 11.5. The van der Waals surface area contributed by atoms with Gasteiger partial charge >= 0.3 is 6.01 Å². The van der Waals surface area contributed by atoms with Gasteiger partial charge in [0.2, 0.25) is 5.89 Å². The van der Waals surface area contributed by atoms with Gasteiger partial charge in [-0.25, -0.2) is 0 Å². The van der Waals surface area contributed by atoms with Crippen molar-refractivity contribution < 1.29 is 4.42 Å². The first-order valence-corrected chi connectivity index (χ1v) is 6.32. The molecule has 1 N–H and O–H groups in total. The fraction of sp³-hybridized carbons (Fsp3) is 0.833. The molecule has 0 bridgehead atoms. The van der Waals surface area contributed by atoms with Gasteiger partial charge in [0.25, 0.3) is 0 Å². The van der Waals surface area contributed by atoms with Crippen LogP contribution < -0.4 is 10.2 Å². The summed E-state index contributed by atoms with van der Waals surface area (Å²) in [6.45, 7) is 7.17. The first kappa shape index (κ1) is 12.4. The number of rotatable bonds is 6. The highest BCUT2D eigenvalue weighted by atomic mass is 16.4. The van der Waals surface area contributed by atoms with E-state index in [0.29, 0.717) is 24.5 Å². The molecule has 0 unspecified atom stereocenters. The van der Waals surface area contributed by atoms with E-state index in [1.165, 1.54) is 12.8 Å². The lowest BCUT2D eigenvalue weighted by Crippen LogP contribution is -2.40. The topological polar surface area (TPSA) is 54.2 Å². The molecule has 1 fully saturated rings. The van der Waals surface area contributed by atoms with Gasteiger partial charge in [0, 0.05) is 18.6 Å². The summed E-state index contributed by atoms with van der Waals surface area (Å²) >= 11 is 0. The molecule has 5 heteroatoms. The van der Waals surface area contributed by atoms with Crippen molar-refractivity contribution in [1.29, 1.82) is 0 Å². The summed E-state index contributed by atoms with van der Waals surface area (Å²) in [6.07, 6.45) is 3.56. The van der Waals surface area contributed by atoms with Crippen molar-refractivity contribution in [3.05, 3.63) is 5.89 Å². The number of hydrogen-bond acceptors (Lipinski definition) is 5. The van der Waals surface area contributed by atoms with E-state index in [1.54, 1.807) is 0 Å². The Morgan fingerprint density at radius 2 is 2.12 bits per heavy atom. The van der Waals surface area contributed by atoms with Crippen molar-refractivity contribution >= 4 is 6.01 Å². The van der Waals surface area contributed by atoms with Gasteiger partial charge in [0.05, 0.1) is 6.54 Å². The summed E-state index contributed by atoms with van der Waals surface area (Å²) in [7, 11) is 2.00. The molecule has 0 spiro atoms. The van der Waals surface area contributed by atoms with Crippen LogP contribution in [0.2, 0.25) is 0 Å². The van der Waals surface area contributed by atoms with E-state index in [-0.39, 0.29) is 5.54 Å². The minimum absolute atomic E-state index is 0.0354. The van der Waals surface area contributed by atoms with Crippen LogP contribution in [-0.2, 0) is 6.54 Å². The van der Waals surface area contributed by atoms with Gasteiger partial charge in [0.1, 0.15) is 0 Å². The molecule has 0 aromatic carbocycles. The van der Waals surface area contributed by atoms with Crippen LogP contribution in [0, 0.1) is 0 Å². The Hall–Kier alpha value is -1.10. The molecule has 2 rings (SSSR count). The zero-order valence-corrected chi connectivity index (χ0v) is 11.2. The highest BCUT2D eigenvalue weighted by Gasteiger charge is 2.26. The van der Waals surface area contributed by atoms with Gasteiger partial charge in [-0.05, 0) is 33.1 Å². The molecule has 0 saturated heterocycles. The molecule has 0 aliphatic heterocycles. The van der Waals surface area contributed by atoms with Gasteiger partial charge in [-0.15, -0.1) is 5.10 Å². The third kappa shape index (κ3) is 2.97. The van der Waals surface area contributed by atoms with Crippen molar-refractivity contribution in [2.24, 2.45) is 0 Å². The van der Waals surface area contributed by atoms with Gasteiger partial charge in [-0.3, -0.25) is 0 Å². The lowest BCUT2D eigenvalue weighted by Gasteiger charge is -2.32. The predicted molar refractivity (Wildman–Crippen MR) is 66.9 cm³/mol. The molecule has 1 aliphatic carbocycles. The van der Waals surface area contributed by atoms with Crippen molar-refractivity contribution in [3.8, 4) is 0 Å². The Labute approximate surface area is 103 Å². The first-order valence-electron chi connectivity index (χ1n) is 6.32. The minimum Gasteiger partial charge on any atom is -0.407 e. The zero-order valence-electron chi connectivity index (χ0n) is 11.2. The molecule has 96 valence electrons. The normalized spacial score (nSPS) is 16.2. The van der Waals surface area contributed by atoms with E-state index in [4.69, 9.17) is 4.42 Å². The van der Waals surface area contributed by atoms with Crippen molar-refractivity contribution in [3.63, 3.8) is 0 Å². The summed E-state index contributed by atoms with van der Waals surface area (Å²) in [4.78, 5) is 2.04. The Morgan fingerprint density at radius 1 is 1.41 bits per heavy atom. The highest BCUT2D eigenvalue weighted by molar-refractivity contribution is 5.27. The maximum absolute atomic E-state index is 5.65. The molecule has 17 heavy (non-hydrogen) atoms. The van der Waals surface area contributed by atoms with E-state index in [0.717, 1.165) is 6.42 Å². The monoisotopic (exact) mass is 238 g/mol. The van der Waals surface area contributed by atoms with Crippen LogP contribution in [-0.4, -0.2) is 28.8 Å². The molecule has 1 heterocycles. The summed E-state index contributed by atoms with van der Waals surface area (Å²) in [6, 6.07) is 1.26. The summed E-state index contributed by atoms with van der Waals surface area (Å²) in [5.41, 5.74) is 0.0354. The van der Waals surface area contributed by atoms with Gasteiger partial charge in [-0.2, -0.15) is 0 Å². The first-order chi connectivity index (χ1) is 8.03. The Morgan fingerprint density at radius 3 is 2.71 bits per heavy atom. The summed E-state index contributed by atoms with van der Waals surface area (Å²) < 4.78 is 5.65. The van der Waals surface area contributed by atoms with E-state index < -0.39 is 0 Å². The van der Waals surface area contributed by atoms with Crippen molar-refractivity contribution in [2.75, 3.05) is 11.9 Å². The number of aromatic nitrogens is 2. The molecule has 1 saturated carbocycles. The van der Waals surface area contributed by atoms with E-state index in [1.807, 2.05) is 11.9 Å². The van der Waals surface area contributed by atoms with E-state index in [9.17, 15) is 0 Å². The SMILES string of the molecule is CCC(C)(C)N(C)c1nnc(CNC2CC2)o1. The molecular weight excluding hydrogens is 216 g/mol. The number of nitrogens with zero attached hydrogens (tertiary/aromatic N) is 3. The fourth-order valence-corrected chi connectivity index (χ4v) is 1.47. The second-order valence-corrected chi connectivity index (χ2v) is 5.36. The highest BCUT2D eigenvalue weighted by Crippen LogP contribution is 2.24. The third-order valence-corrected chi connectivity index (χ3v) is 3.64. The number of hydrogen-bond donors (Lipinski definition) is 1. The smallest absolute Gasteiger partial charge is 0.318 e. The maximum Gasteiger partial charge on any atom is 0.318 e. The van der Waals surface area contributed by atoms with Crippen LogP contribution in [0.4, 0.5) is 6.01 Å². The second kappa shape index (κ2) is 4.64. The summed E-state index contributed by atoms with van der Waals surface area (Å²) in [5.74, 6) is 0.672. The molecule has 0 amide bonds. The van der Waals surface area contributed by atoms with E-state index in [2.05, 4.69) is 36.3 Å². The Bertz CT molecular complexity index is 370. The standard InChI is InChI=1S/C12H22N4O/c1-5-12(2,3)16(4)11-15-14-10(17-11)8-13-9-6-7-9/h9,13H,5-8H2,1-4H3. The average Bonchev–Trinajstić information content (AvgIpc) is 3.03. The third-order valence-electron chi connectivity index (χ3n) is 3.64. The van der Waals surface area contributed by atoms with E-state index >= 15 is 0 Å². The number of anilines is 1. The van der Waals surface area contributed by atoms with Gasteiger partial charge < -0.3 is 14.6 Å². The van der Waals surface area contributed by atoms with Crippen LogP contribution >= 0.6 is 0 Å². The lowest BCUT2D eigenvalue weighted by atomic mass is 10.0. The maximum atomic E-state index is 5.65. The Kier molecular flexibility index (Phi) is 3.38. The largest absolute Gasteiger partial charge is 0.407 e. The Balaban J connectivity index is 1.96. The van der Waals surface area contributed by atoms with Crippen molar-refractivity contribution in [2.45, 2.75) is 58.2 Å². The molecule has 5 nitrogen and oxygen atoms in total. The average molecular weight is 238 g/mol. The molecule has 1 aliphatic rings. The second-order valence-electron chi connectivity index (χ2n) is 5.36. The number of nitrogens with one attached hydrogen (secondary N) is 1. The molecule has 1 aromatic heterocycles. The molecule has 1 aromatic rings.